The van der Waals surface area contributed by atoms with Gasteiger partial charge in [0.2, 0.25) is 5.91 Å². The Hall–Kier alpha value is -2.73. The molecule has 0 unspecified atom stereocenters. The van der Waals surface area contributed by atoms with Crippen LogP contribution in [-0.4, -0.2) is 43.5 Å². The molecule has 0 spiro atoms. The third-order valence-electron chi connectivity index (χ3n) is 5.47. The van der Waals surface area contributed by atoms with Gasteiger partial charge in [0.1, 0.15) is 5.75 Å². The zero-order valence-corrected chi connectivity index (χ0v) is 18.2. The van der Waals surface area contributed by atoms with Crippen molar-refractivity contribution in [3.8, 4) is 5.75 Å². The van der Waals surface area contributed by atoms with Crippen LogP contribution in [0.3, 0.4) is 0 Å². The lowest BCUT2D eigenvalue weighted by Crippen LogP contribution is -2.38. The van der Waals surface area contributed by atoms with Gasteiger partial charge < -0.3 is 20.3 Å². The summed E-state index contributed by atoms with van der Waals surface area (Å²) in [5.41, 5.74) is 1.85. The van der Waals surface area contributed by atoms with Gasteiger partial charge in [0, 0.05) is 24.5 Å². The molecule has 0 aliphatic heterocycles. The monoisotopic (exact) mass is 429 g/mol. The molecule has 2 N–H and O–H groups in total. The van der Waals surface area contributed by atoms with Crippen LogP contribution >= 0.6 is 11.6 Å². The van der Waals surface area contributed by atoms with Crippen LogP contribution in [0.2, 0.25) is 5.02 Å². The van der Waals surface area contributed by atoms with Crippen LogP contribution in [0.1, 0.15) is 42.5 Å². The molecule has 2 amide bonds. The molecule has 0 atom stereocenters. The van der Waals surface area contributed by atoms with Crippen LogP contribution in [0.4, 0.5) is 11.4 Å². The molecule has 160 valence electrons. The highest BCUT2D eigenvalue weighted by Gasteiger charge is 2.24. The van der Waals surface area contributed by atoms with E-state index in [-0.39, 0.29) is 24.4 Å². The number of hydrogen-bond acceptors (Lipinski definition) is 4. The fraction of sp³-hybridized carbons (Fsp3) is 0.391. The van der Waals surface area contributed by atoms with Crippen molar-refractivity contribution in [2.45, 2.75) is 38.1 Å². The van der Waals surface area contributed by atoms with E-state index in [9.17, 15) is 9.59 Å². The van der Waals surface area contributed by atoms with Gasteiger partial charge in [0.15, 0.2) is 0 Å². The third kappa shape index (κ3) is 5.66. The van der Waals surface area contributed by atoms with Crippen LogP contribution in [0.5, 0.6) is 5.75 Å². The lowest BCUT2D eigenvalue weighted by molar-refractivity contribution is -0.114. The summed E-state index contributed by atoms with van der Waals surface area (Å²) in [5.74, 6) is 0.480. The minimum Gasteiger partial charge on any atom is -0.497 e. The quantitative estimate of drug-likeness (QED) is 0.663. The SMILES string of the molecule is COc1ccc(NC(=O)CNc2ccc(C(=O)N(C)C3CCCCC3)c(Cl)c2)cc1. The molecular formula is C23H28ClN3O3. The maximum Gasteiger partial charge on any atom is 0.255 e. The molecular weight excluding hydrogens is 402 g/mol. The van der Waals surface area contributed by atoms with Gasteiger partial charge in [-0.05, 0) is 55.3 Å². The van der Waals surface area contributed by atoms with Gasteiger partial charge in [-0.15, -0.1) is 0 Å². The summed E-state index contributed by atoms with van der Waals surface area (Å²) in [7, 11) is 3.44. The van der Waals surface area contributed by atoms with E-state index in [0.717, 1.165) is 31.4 Å². The number of rotatable bonds is 7. The fourth-order valence-electron chi connectivity index (χ4n) is 3.68. The number of nitrogens with zero attached hydrogens (tertiary/aromatic N) is 1. The van der Waals surface area contributed by atoms with E-state index in [1.165, 1.54) is 6.42 Å². The highest BCUT2D eigenvalue weighted by Crippen LogP contribution is 2.26. The predicted octanol–water partition coefficient (Wildman–Crippen LogP) is 4.80. The maximum atomic E-state index is 12.8. The lowest BCUT2D eigenvalue weighted by atomic mass is 9.94. The minimum absolute atomic E-state index is 0.0595. The molecule has 0 bridgehead atoms. The Morgan fingerprint density at radius 3 is 2.37 bits per heavy atom. The molecule has 0 aromatic heterocycles. The molecule has 1 aliphatic carbocycles. The lowest BCUT2D eigenvalue weighted by Gasteiger charge is -2.31. The molecule has 7 heteroatoms. The largest absolute Gasteiger partial charge is 0.497 e. The van der Waals surface area contributed by atoms with Crippen molar-refractivity contribution in [3.63, 3.8) is 0 Å². The van der Waals surface area contributed by atoms with Gasteiger partial charge in [-0.3, -0.25) is 9.59 Å². The first kappa shape index (κ1) is 22.0. The van der Waals surface area contributed by atoms with E-state index >= 15 is 0 Å². The Morgan fingerprint density at radius 2 is 1.73 bits per heavy atom. The van der Waals surface area contributed by atoms with Crippen LogP contribution < -0.4 is 15.4 Å². The highest BCUT2D eigenvalue weighted by atomic mass is 35.5. The Bertz CT molecular complexity index is 880. The third-order valence-corrected chi connectivity index (χ3v) is 5.78. The Balaban J connectivity index is 1.55. The smallest absolute Gasteiger partial charge is 0.255 e. The minimum atomic E-state index is -0.187. The second-order valence-corrected chi connectivity index (χ2v) is 7.94. The molecule has 2 aromatic rings. The second-order valence-electron chi connectivity index (χ2n) is 7.53. The molecule has 2 aromatic carbocycles. The first-order valence-corrected chi connectivity index (χ1v) is 10.6. The van der Waals surface area contributed by atoms with E-state index in [2.05, 4.69) is 10.6 Å². The number of methoxy groups -OCH3 is 1. The highest BCUT2D eigenvalue weighted by molar-refractivity contribution is 6.34. The van der Waals surface area contributed by atoms with E-state index in [0.29, 0.717) is 22.0 Å². The number of halogens is 1. The summed E-state index contributed by atoms with van der Waals surface area (Å²) in [4.78, 5) is 26.8. The zero-order chi connectivity index (χ0) is 21.5. The molecule has 1 saturated carbocycles. The van der Waals surface area contributed by atoms with Crippen molar-refractivity contribution < 1.29 is 14.3 Å². The molecule has 3 rings (SSSR count). The summed E-state index contributed by atoms with van der Waals surface area (Å²) in [6.45, 7) is 0.0810. The molecule has 0 heterocycles. The van der Waals surface area contributed by atoms with Gasteiger partial charge in [0.05, 0.1) is 24.2 Å². The normalized spacial score (nSPS) is 14.1. The molecule has 1 fully saturated rings. The van der Waals surface area contributed by atoms with Crippen LogP contribution in [0, 0.1) is 0 Å². The average molecular weight is 430 g/mol. The Kier molecular flexibility index (Phi) is 7.57. The molecule has 30 heavy (non-hydrogen) atoms. The van der Waals surface area contributed by atoms with Crippen LogP contribution in [-0.2, 0) is 4.79 Å². The Labute approximate surface area is 182 Å². The number of anilines is 2. The molecule has 0 saturated heterocycles. The summed E-state index contributed by atoms with van der Waals surface area (Å²) in [5, 5.41) is 6.23. The molecule has 6 nitrogen and oxygen atoms in total. The van der Waals surface area contributed by atoms with Gasteiger partial charge in [-0.2, -0.15) is 0 Å². The number of benzene rings is 2. The maximum absolute atomic E-state index is 12.8. The van der Waals surface area contributed by atoms with Crippen molar-refractivity contribution in [1.82, 2.24) is 4.90 Å². The number of carbonyl (C=O) groups excluding carboxylic acids is 2. The summed E-state index contributed by atoms with van der Waals surface area (Å²) in [6.07, 6.45) is 5.66. The summed E-state index contributed by atoms with van der Waals surface area (Å²) in [6, 6.07) is 12.6. The first-order valence-electron chi connectivity index (χ1n) is 10.2. The van der Waals surface area contributed by atoms with Gasteiger partial charge in [-0.25, -0.2) is 0 Å². The number of amides is 2. The summed E-state index contributed by atoms with van der Waals surface area (Å²) >= 11 is 6.38. The van der Waals surface area contributed by atoms with Crippen molar-refractivity contribution in [2.75, 3.05) is 31.3 Å². The van der Waals surface area contributed by atoms with E-state index in [1.54, 1.807) is 49.6 Å². The van der Waals surface area contributed by atoms with E-state index in [4.69, 9.17) is 16.3 Å². The van der Waals surface area contributed by atoms with Crippen molar-refractivity contribution >= 4 is 34.8 Å². The predicted molar refractivity (Wildman–Crippen MR) is 121 cm³/mol. The van der Waals surface area contributed by atoms with Crippen molar-refractivity contribution in [1.29, 1.82) is 0 Å². The van der Waals surface area contributed by atoms with E-state index < -0.39 is 0 Å². The number of ether oxygens (including phenoxy) is 1. The molecule has 0 radical (unpaired) electrons. The van der Waals surface area contributed by atoms with Crippen molar-refractivity contribution in [3.05, 3.63) is 53.1 Å². The number of hydrogen-bond donors (Lipinski definition) is 2. The topological polar surface area (TPSA) is 70.7 Å². The van der Waals surface area contributed by atoms with Gasteiger partial charge in [0.25, 0.3) is 5.91 Å². The second kappa shape index (κ2) is 10.3. The zero-order valence-electron chi connectivity index (χ0n) is 17.4. The van der Waals surface area contributed by atoms with E-state index in [1.807, 2.05) is 11.9 Å². The standard InChI is InChI=1S/C23H28ClN3O3/c1-27(18-6-4-3-5-7-18)23(29)20-13-10-17(14-21(20)24)25-15-22(28)26-16-8-11-19(30-2)12-9-16/h8-14,18,25H,3-7,15H2,1-2H3,(H,26,28). The van der Waals surface area contributed by atoms with Crippen LogP contribution in [0.25, 0.3) is 0 Å². The fourth-order valence-corrected chi connectivity index (χ4v) is 3.95. The Morgan fingerprint density at radius 1 is 1.07 bits per heavy atom. The van der Waals surface area contributed by atoms with Gasteiger partial charge in [-0.1, -0.05) is 30.9 Å². The van der Waals surface area contributed by atoms with Crippen LogP contribution in [0.15, 0.2) is 42.5 Å². The number of nitrogens with one attached hydrogen (secondary N) is 2. The number of carbonyl (C=O) groups is 2. The molecule has 1 aliphatic rings. The van der Waals surface area contributed by atoms with Crippen molar-refractivity contribution in [2.24, 2.45) is 0 Å². The average Bonchev–Trinajstić information content (AvgIpc) is 2.78. The van der Waals surface area contributed by atoms with Gasteiger partial charge >= 0.3 is 0 Å². The first-order chi connectivity index (χ1) is 14.5. The summed E-state index contributed by atoms with van der Waals surface area (Å²) < 4.78 is 5.10.